The summed E-state index contributed by atoms with van der Waals surface area (Å²) >= 11 is 0. The average Bonchev–Trinajstić information content (AvgIpc) is 2.63. The number of nitrogens with zero attached hydrogens (tertiary/aromatic N) is 3. The molecule has 1 aromatic heterocycles. The van der Waals surface area contributed by atoms with Gasteiger partial charge in [-0.15, -0.1) is 0 Å². The SMILES string of the molecule is C[C@H]1COCCN1c1cc(C(C)(C)S(=O)(=O)C2CCCCC2)ncn1. The lowest BCUT2D eigenvalue weighted by Crippen LogP contribution is -2.44. The Bertz CT molecular complexity index is 699. The van der Waals surface area contributed by atoms with E-state index < -0.39 is 14.6 Å². The monoisotopic (exact) mass is 367 g/mol. The molecule has 140 valence electrons. The Kier molecular flexibility index (Phi) is 5.34. The van der Waals surface area contributed by atoms with Crippen LogP contribution in [0.3, 0.4) is 0 Å². The summed E-state index contributed by atoms with van der Waals surface area (Å²) < 4.78 is 31.0. The molecular weight excluding hydrogens is 338 g/mol. The number of anilines is 1. The van der Waals surface area contributed by atoms with Crippen LogP contribution in [0.4, 0.5) is 5.82 Å². The Hall–Kier alpha value is -1.21. The number of morpholine rings is 1. The van der Waals surface area contributed by atoms with Crippen molar-refractivity contribution in [2.45, 2.75) is 68.9 Å². The summed E-state index contributed by atoms with van der Waals surface area (Å²) in [6, 6.07) is 2.07. The number of sulfone groups is 1. The minimum atomic E-state index is -3.31. The molecule has 0 unspecified atom stereocenters. The summed E-state index contributed by atoms with van der Waals surface area (Å²) in [7, 11) is -3.31. The quantitative estimate of drug-likeness (QED) is 0.815. The lowest BCUT2D eigenvalue weighted by atomic mass is 10.0. The summed E-state index contributed by atoms with van der Waals surface area (Å²) in [5.74, 6) is 0.785. The van der Waals surface area contributed by atoms with Crippen LogP contribution in [0.1, 0.15) is 58.6 Å². The maximum absolute atomic E-state index is 13.3. The minimum Gasteiger partial charge on any atom is -0.377 e. The van der Waals surface area contributed by atoms with Gasteiger partial charge in [0.25, 0.3) is 0 Å². The van der Waals surface area contributed by atoms with E-state index in [1.165, 1.54) is 6.33 Å². The Morgan fingerprint density at radius 1 is 1.20 bits per heavy atom. The van der Waals surface area contributed by atoms with Crippen LogP contribution in [-0.4, -0.2) is 49.4 Å². The van der Waals surface area contributed by atoms with Crippen LogP contribution in [0, 0.1) is 0 Å². The Labute approximate surface area is 150 Å². The normalized spacial score (nSPS) is 23.6. The molecule has 1 aromatic rings. The molecule has 0 amide bonds. The second-order valence-corrected chi connectivity index (χ2v) is 10.5. The van der Waals surface area contributed by atoms with E-state index in [0.717, 1.165) is 44.5 Å². The first-order chi connectivity index (χ1) is 11.8. The first-order valence-electron chi connectivity index (χ1n) is 9.24. The maximum Gasteiger partial charge on any atom is 0.164 e. The van der Waals surface area contributed by atoms with Crippen LogP contribution in [-0.2, 0) is 19.3 Å². The molecule has 1 saturated carbocycles. The van der Waals surface area contributed by atoms with Gasteiger partial charge in [0, 0.05) is 12.6 Å². The van der Waals surface area contributed by atoms with Crippen LogP contribution in [0.25, 0.3) is 0 Å². The zero-order valence-electron chi connectivity index (χ0n) is 15.4. The van der Waals surface area contributed by atoms with Crippen molar-refractivity contribution in [3.05, 3.63) is 18.1 Å². The van der Waals surface area contributed by atoms with Crippen LogP contribution < -0.4 is 4.90 Å². The van der Waals surface area contributed by atoms with Crippen LogP contribution >= 0.6 is 0 Å². The van der Waals surface area contributed by atoms with Crippen molar-refractivity contribution < 1.29 is 13.2 Å². The maximum atomic E-state index is 13.3. The van der Waals surface area contributed by atoms with Gasteiger partial charge in [0.15, 0.2) is 9.84 Å². The molecule has 1 aliphatic heterocycles. The highest BCUT2D eigenvalue weighted by atomic mass is 32.2. The molecule has 2 fully saturated rings. The average molecular weight is 368 g/mol. The van der Waals surface area contributed by atoms with Crippen LogP contribution in [0.2, 0.25) is 0 Å². The van der Waals surface area contributed by atoms with Crippen molar-refractivity contribution in [3.8, 4) is 0 Å². The number of hydrogen-bond acceptors (Lipinski definition) is 6. The first kappa shape index (κ1) is 18.6. The zero-order chi connectivity index (χ0) is 18.1. The standard InChI is InChI=1S/C18H29N3O3S/c1-14-12-24-10-9-21(14)17-11-16(19-13-20-17)18(2,3)25(22,23)15-7-5-4-6-8-15/h11,13-15H,4-10,12H2,1-3H3/t14-/m0/s1. The number of aromatic nitrogens is 2. The van der Waals surface area contributed by atoms with Crippen molar-refractivity contribution >= 4 is 15.7 Å². The molecule has 0 radical (unpaired) electrons. The largest absolute Gasteiger partial charge is 0.377 e. The molecule has 6 nitrogen and oxygen atoms in total. The van der Waals surface area contributed by atoms with Gasteiger partial charge in [0.1, 0.15) is 16.9 Å². The van der Waals surface area contributed by atoms with Crippen LogP contribution in [0.15, 0.2) is 12.4 Å². The molecule has 7 heteroatoms. The van der Waals surface area contributed by atoms with E-state index in [-0.39, 0.29) is 11.3 Å². The third kappa shape index (κ3) is 3.53. The molecule has 0 N–H and O–H groups in total. The highest BCUT2D eigenvalue weighted by Gasteiger charge is 2.43. The molecule has 1 saturated heterocycles. The molecule has 3 rings (SSSR count). The molecule has 0 aromatic carbocycles. The summed E-state index contributed by atoms with van der Waals surface area (Å²) in [5.41, 5.74) is 0.585. The molecule has 0 spiro atoms. The van der Waals surface area contributed by atoms with E-state index in [1.54, 1.807) is 13.8 Å². The lowest BCUT2D eigenvalue weighted by Gasteiger charge is -2.35. The van der Waals surface area contributed by atoms with E-state index in [1.807, 2.05) is 6.07 Å². The van der Waals surface area contributed by atoms with Crippen LogP contribution in [0.5, 0.6) is 0 Å². The molecule has 1 aliphatic carbocycles. The van der Waals surface area contributed by atoms with E-state index in [9.17, 15) is 8.42 Å². The molecule has 2 heterocycles. The van der Waals surface area contributed by atoms with E-state index in [4.69, 9.17) is 4.74 Å². The van der Waals surface area contributed by atoms with Gasteiger partial charge in [-0.2, -0.15) is 0 Å². The number of ether oxygens (including phenoxy) is 1. The molecule has 2 aliphatic rings. The minimum absolute atomic E-state index is 0.217. The van der Waals surface area contributed by atoms with E-state index in [2.05, 4.69) is 21.8 Å². The predicted molar refractivity (Wildman–Crippen MR) is 98.5 cm³/mol. The second kappa shape index (κ2) is 7.19. The second-order valence-electron chi connectivity index (χ2n) is 7.69. The predicted octanol–water partition coefficient (Wildman–Crippen LogP) is 2.68. The summed E-state index contributed by atoms with van der Waals surface area (Å²) in [6.07, 6.45) is 6.17. The van der Waals surface area contributed by atoms with Gasteiger partial charge in [-0.05, 0) is 33.6 Å². The topological polar surface area (TPSA) is 72.4 Å². The van der Waals surface area contributed by atoms with Crippen molar-refractivity contribution in [1.29, 1.82) is 0 Å². The summed E-state index contributed by atoms with van der Waals surface area (Å²) in [4.78, 5) is 10.9. The van der Waals surface area contributed by atoms with Crippen molar-refractivity contribution in [2.24, 2.45) is 0 Å². The van der Waals surface area contributed by atoms with Crippen molar-refractivity contribution in [2.75, 3.05) is 24.7 Å². The van der Waals surface area contributed by atoms with Gasteiger partial charge in [0.2, 0.25) is 0 Å². The first-order valence-corrected chi connectivity index (χ1v) is 10.8. The summed E-state index contributed by atoms with van der Waals surface area (Å²) in [5, 5.41) is -0.253. The Balaban J connectivity index is 1.90. The van der Waals surface area contributed by atoms with Crippen molar-refractivity contribution in [1.82, 2.24) is 9.97 Å². The fraction of sp³-hybridized carbons (Fsp3) is 0.778. The number of rotatable bonds is 4. The number of hydrogen-bond donors (Lipinski definition) is 0. The van der Waals surface area contributed by atoms with E-state index in [0.29, 0.717) is 18.9 Å². The van der Waals surface area contributed by atoms with Gasteiger partial charge in [-0.3, -0.25) is 0 Å². The highest BCUT2D eigenvalue weighted by Crippen LogP contribution is 2.37. The summed E-state index contributed by atoms with van der Waals surface area (Å²) in [6.45, 7) is 7.73. The van der Waals surface area contributed by atoms with Gasteiger partial charge in [-0.1, -0.05) is 19.3 Å². The highest BCUT2D eigenvalue weighted by molar-refractivity contribution is 7.92. The third-order valence-electron chi connectivity index (χ3n) is 5.63. The Morgan fingerprint density at radius 2 is 1.92 bits per heavy atom. The van der Waals surface area contributed by atoms with Crippen molar-refractivity contribution in [3.63, 3.8) is 0 Å². The third-order valence-corrected chi connectivity index (χ3v) is 8.61. The van der Waals surface area contributed by atoms with Gasteiger partial charge in [-0.25, -0.2) is 18.4 Å². The van der Waals surface area contributed by atoms with Gasteiger partial charge < -0.3 is 9.64 Å². The Morgan fingerprint density at radius 3 is 2.60 bits per heavy atom. The fourth-order valence-corrected chi connectivity index (χ4v) is 6.03. The zero-order valence-corrected chi connectivity index (χ0v) is 16.3. The fourth-order valence-electron chi connectivity index (χ4n) is 3.84. The van der Waals surface area contributed by atoms with Gasteiger partial charge in [0.05, 0.1) is 30.2 Å². The smallest absolute Gasteiger partial charge is 0.164 e. The van der Waals surface area contributed by atoms with Gasteiger partial charge >= 0.3 is 0 Å². The van der Waals surface area contributed by atoms with E-state index >= 15 is 0 Å². The molecule has 25 heavy (non-hydrogen) atoms. The molecule has 0 bridgehead atoms. The molecular formula is C18H29N3O3S. The molecule has 1 atom stereocenters. The lowest BCUT2D eigenvalue weighted by molar-refractivity contribution is 0.0985.